The van der Waals surface area contributed by atoms with Crippen LogP contribution in [-0.4, -0.2) is 37.6 Å². The number of nitrogens with zero attached hydrogens (tertiary/aromatic N) is 1. The van der Waals surface area contributed by atoms with Crippen molar-refractivity contribution in [2.75, 3.05) is 14.1 Å². The van der Waals surface area contributed by atoms with E-state index in [4.69, 9.17) is 4.74 Å². The van der Waals surface area contributed by atoms with Crippen LogP contribution in [0.2, 0.25) is 0 Å². The van der Waals surface area contributed by atoms with Gasteiger partial charge in [0, 0.05) is 6.04 Å². The first-order valence-corrected chi connectivity index (χ1v) is 4.01. The summed E-state index contributed by atoms with van der Waals surface area (Å²) < 4.78 is 4.95. The second-order valence-corrected chi connectivity index (χ2v) is 3.23. The van der Waals surface area contributed by atoms with Crippen molar-refractivity contribution in [1.29, 1.82) is 0 Å². The highest BCUT2D eigenvalue weighted by Crippen LogP contribution is 2.24. The molecular formula is C8H15NO2. The van der Waals surface area contributed by atoms with Gasteiger partial charge in [-0.15, -0.1) is 0 Å². The van der Waals surface area contributed by atoms with E-state index in [2.05, 4.69) is 4.90 Å². The third kappa shape index (κ3) is 1.93. The third-order valence-electron chi connectivity index (χ3n) is 2.31. The third-order valence-corrected chi connectivity index (χ3v) is 2.31. The van der Waals surface area contributed by atoms with E-state index in [1.807, 2.05) is 14.1 Å². The average Bonchev–Trinajstić information content (AvgIpc) is 2.36. The Labute approximate surface area is 67.3 Å². The second-order valence-electron chi connectivity index (χ2n) is 3.23. The minimum atomic E-state index is 0.127. The Balaban J connectivity index is 2.43. The fourth-order valence-corrected chi connectivity index (χ4v) is 1.73. The lowest BCUT2D eigenvalue weighted by molar-refractivity contribution is -0.135. The van der Waals surface area contributed by atoms with E-state index < -0.39 is 0 Å². The van der Waals surface area contributed by atoms with E-state index in [1.165, 1.54) is 6.42 Å². The van der Waals surface area contributed by atoms with Crippen molar-refractivity contribution in [3.8, 4) is 0 Å². The van der Waals surface area contributed by atoms with E-state index in [0.717, 1.165) is 12.8 Å². The maximum Gasteiger partial charge on any atom is 0.293 e. The maximum atomic E-state index is 10.1. The normalized spacial score (nSPS) is 30.8. The molecule has 1 rings (SSSR count). The molecule has 1 aliphatic carbocycles. The van der Waals surface area contributed by atoms with Crippen LogP contribution in [-0.2, 0) is 9.53 Å². The quantitative estimate of drug-likeness (QED) is 0.563. The van der Waals surface area contributed by atoms with Gasteiger partial charge in [-0.1, -0.05) is 0 Å². The van der Waals surface area contributed by atoms with Crippen molar-refractivity contribution in [2.24, 2.45) is 0 Å². The largest absolute Gasteiger partial charge is 0.463 e. The molecule has 3 heteroatoms. The molecule has 2 atom stereocenters. The van der Waals surface area contributed by atoms with Crippen LogP contribution >= 0.6 is 0 Å². The van der Waals surface area contributed by atoms with Crippen molar-refractivity contribution in [2.45, 2.75) is 31.4 Å². The molecule has 0 spiro atoms. The van der Waals surface area contributed by atoms with E-state index in [0.29, 0.717) is 12.5 Å². The highest BCUT2D eigenvalue weighted by molar-refractivity contribution is 5.37. The first-order chi connectivity index (χ1) is 5.25. The fourth-order valence-electron chi connectivity index (χ4n) is 1.73. The van der Waals surface area contributed by atoms with E-state index in [1.54, 1.807) is 0 Å². The molecule has 1 saturated carbocycles. The summed E-state index contributed by atoms with van der Waals surface area (Å²) in [6, 6.07) is 0.431. The number of carbonyl (C=O) groups is 1. The zero-order chi connectivity index (χ0) is 8.27. The molecule has 1 fully saturated rings. The molecule has 0 aromatic carbocycles. The van der Waals surface area contributed by atoms with Gasteiger partial charge in [-0.2, -0.15) is 0 Å². The smallest absolute Gasteiger partial charge is 0.293 e. The van der Waals surface area contributed by atoms with Crippen molar-refractivity contribution in [3.05, 3.63) is 0 Å². The van der Waals surface area contributed by atoms with Gasteiger partial charge >= 0.3 is 0 Å². The molecule has 3 nitrogen and oxygen atoms in total. The van der Waals surface area contributed by atoms with Gasteiger partial charge in [-0.3, -0.25) is 4.79 Å². The van der Waals surface area contributed by atoms with Crippen LogP contribution in [0, 0.1) is 0 Å². The number of rotatable bonds is 3. The Bertz CT molecular complexity index is 136. The van der Waals surface area contributed by atoms with Crippen LogP contribution in [0.5, 0.6) is 0 Å². The molecule has 0 N–H and O–H groups in total. The molecule has 2 unspecified atom stereocenters. The minimum absolute atomic E-state index is 0.127. The zero-order valence-corrected chi connectivity index (χ0v) is 7.12. The number of hydrogen-bond donors (Lipinski definition) is 0. The molecule has 0 heterocycles. The van der Waals surface area contributed by atoms with Crippen LogP contribution in [0.4, 0.5) is 0 Å². The summed E-state index contributed by atoms with van der Waals surface area (Å²) in [5.74, 6) is 0. The van der Waals surface area contributed by atoms with Crippen LogP contribution in [0.15, 0.2) is 0 Å². The molecule has 0 aliphatic heterocycles. The summed E-state index contributed by atoms with van der Waals surface area (Å²) in [6.45, 7) is 0.562. The molecule has 11 heavy (non-hydrogen) atoms. The number of ether oxygens (including phenoxy) is 1. The number of carbonyl (C=O) groups excluding carboxylic acids is 1. The Hall–Kier alpha value is -0.570. The minimum Gasteiger partial charge on any atom is -0.463 e. The van der Waals surface area contributed by atoms with Gasteiger partial charge in [0.2, 0.25) is 0 Å². The SMILES string of the molecule is CN(C)C1CCCC1OC=O. The van der Waals surface area contributed by atoms with Crippen LogP contribution in [0.1, 0.15) is 19.3 Å². The van der Waals surface area contributed by atoms with Crippen LogP contribution in [0.25, 0.3) is 0 Å². The van der Waals surface area contributed by atoms with Gasteiger partial charge in [0.15, 0.2) is 0 Å². The first-order valence-electron chi connectivity index (χ1n) is 4.01. The summed E-state index contributed by atoms with van der Waals surface area (Å²) in [4.78, 5) is 12.2. The summed E-state index contributed by atoms with van der Waals surface area (Å²) in [7, 11) is 4.05. The summed E-state index contributed by atoms with van der Waals surface area (Å²) >= 11 is 0. The molecule has 1 aliphatic rings. The Kier molecular flexibility index (Phi) is 2.88. The average molecular weight is 157 g/mol. The van der Waals surface area contributed by atoms with Gasteiger partial charge in [-0.05, 0) is 33.4 Å². The Morgan fingerprint density at radius 2 is 2.18 bits per heavy atom. The van der Waals surface area contributed by atoms with Crippen molar-refractivity contribution < 1.29 is 9.53 Å². The Morgan fingerprint density at radius 1 is 1.45 bits per heavy atom. The summed E-state index contributed by atoms with van der Waals surface area (Å²) in [5.41, 5.74) is 0. The van der Waals surface area contributed by atoms with E-state index in [-0.39, 0.29) is 6.10 Å². The second kappa shape index (κ2) is 3.72. The topological polar surface area (TPSA) is 29.5 Å². The predicted molar refractivity (Wildman–Crippen MR) is 42.3 cm³/mol. The lowest BCUT2D eigenvalue weighted by Gasteiger charge is -2.24. The van der Waals surface area contributed by atoms with Gasteiger partial charge in [-0.25, -0.2) is 0 Å². The molecule has 0 amide bonds. The zero-order valence-electron chi connectivity index (χ0n) is 7.12. The van der Waals surface area contributed by atoms with Crippen LogP contribution < -0.4 is 0 Å². The van der Waals surface area contributed by atoms with Crippen molar-refractivity contribution >= 4 is 6.47 Å². The predicted octanol–water partition coefficient (Wildman–Crippen LogP) is 0.642. The highest BCUT2D eigenvalue weighted by atomic mass is 16.5. The van der Waals surface area contributed by atoms with Gasteiger partial charge in [0.05, 0.1) is 0 Å². The van der Waals surface area contributed by atoms with Crippen molar-refractivity contribution in [3.63, 3.8) is 0 Å². The van der Waals surface area contributed by atoms with Crippen LogP contribution in [0.3, 0.4) is 0 Å². The highest BCUT2D eigenvalue weighted by Gasteiger charge is 2.29. The van der Waals surface area contributed by atoms with E-state index in [9.17, 15) is 4.79 Å². The van der Waals surface area contributed by atoms with Gasteiger partial charge < -0.3 is 9.64 Å². The fraction of sp³-hybridized carbons (Fsp3) is 0.875. The summed E-state index contributed by atoms with van der Waals surface area (Å²) in [6.07, 6.45) is 3.46. The monoisotopic (exact) mass is 157 g/mol. The summed E-state index contributed by atoms with van der Waals surface area (Å²) in [5, 5.41) is 0. The number of hydrogen-bond acceptors (Lipinski definition) is 3. The Morgan fingerprint density at radius 3 is 2.73 bits per heavy atom. The molecule has 0 aromatic heterocycles. The van der Waals surface area contributed by atoms with Gasteiger partial charge in [0.25, 0.3) is 6.47 Å². The molecule has 0 aromatic rings. The maximum absolute atomic E-state index is 10.1. The standard InChI is InChI=1S/C8H15NO2/c1-9(2)7-4-3-5-8(7)11-6-10/h6-8H,3-5H2,1-2H3. The lowest BCUT2D eigenvalue weighted by atomic mass is 10.2. The number of likely N-dealkylation sites (N-methyl/N-ethyl adjacent to an activating group) is 1. The van der Waals surface area contributed by atoms with Crippen molar-refractivity contribution in [1.82, 2.24) is 4.90 Å². The molecule has 0 bridgehead atoms. The first kappa shape index (κ1) is 8.53. The molecular weight excluding hydrogens is 142 g/mol. The molecule has 0 radical (unpaired) electrons. The molecule has 64 valence electrons. The lowest BCUT2D eigenvalue weighted by Crippen LogP contribution is -2.36. The van der Waals surface area contributed by atoms with Gasteiger partial charge in [0.1, 0.15) is 6.10 Å². The van der Waals surface area contributed by atoms with E-state index >= 15 is 0 Å². The molecule has 0 saturated heterocycles.